The zero-order valence-corrected chi connectivity index (χ0v) is 14.7. The quantitative estimate of drug-likeness (QED) is 0.806. The molecule has 0 bridgehead atoms. The minimum absolute atomic E-state index is 0.00981. The normalized spacial score (nSPS) is 13.6. The van der Waals surface area contributed by atoms with Crippen molar-refractivity contribution in [1.82, 2.24) is 15.0 Å². The van der Waals surface area contributed by atoms with E-state index in [-0.39, 0.29) is 29.0 Å². The predicted molar refractivity (Wildman–Crippen MR) is 94.1 cm³/mol. The fourth-order valence-corrected chi connectivity index (χ4v) is 2.03. The van der Waals surface area contributed by atoms with Gasteiger partial charge in [0.1, 0.15) is 11.6 Å². The zero-order valence-electron chi connectivity index (χ0n) is 17.7. The number of carbonyl (C=O) groups excluding carboxylic acids is 1. The molecule has 2 aromatic heterocycles. The Bertz CT molecular complexity index is 902. The third-order valence-corrected chi connectivity index (χ3v) is 3.27. The van der Waals surface area contributed by atoms with Crippen LogP contribution in [0.1, 0.15) is 49.2 Å². The fourth-order valence-electron chi connectivity index (χ4n) is 2.03. The molecule has 1 amide bonds. The van der Waals surface area contributed by atoms with Gasteiger partial charge in [-0.3, -0.25) is 4.79 Å². The Morgan fingerprint density at radius 2 is 2.04 bits per heavy atom. The molecule has 0 fully saturated rings. The van der Waals surface area contributed by atoms with Crippen LogP contribution in [0.5, 0.6) is 5.75 Å². The van der Waals surface area contributed by atoms with Crippen molar-refractivity contribution in [3.63, 3.8) is 0 Å². The van der Waals surface area contributed by atoms with Crippen LogP contribution in [0.2, 0.25) is 0 Å². The lowest BCUT2D eigenvalue weighted by Crippen LogP contribution is -2.16. The van der Waals surface area contributed by atoms with Crippen molar-refractivity contribution in [2.75, 3.05) is 17.7 Å². The smallest absolute Gasteiger partial charge is 0.303 e. The third kappa shape index (κ3) is 4.84. The molecule has 0 aliphatic carbocycles. The van der Waals surface area contributed by atoms with Crippen molar-refractivity contribution < 1.29 is 22.4 Å². The summed E-state index contributed by atoms with van der Waals surface area (Å²) in [5, 5.41) is 5.21. The second-order valence-electron chi connectivity index (χ2n) is 6.02. The summed E-state index contributed by atoms with van der Waals surface area (Å²) in [5.74, 6) is -4.57. The average molecular weight is 368 g/mol. The van der Waals surface area contributed by atoms with Crippen molar-refractivity contribution in [2.24, 2.45) is 0 Å². The van der Waals surface area contributed by atoms with Gasteiger partial charge in [0, 0.05) is 31.7 Å². The van der Waals surface area contributed by atoms with Crippen LogP contribution in [0.25, 0.3) is 0 Å². The van der Waals surface area contributed by atoms with Crippen LogP contribution in [0.15, 0.2) is 18.3 Å². The summed E-state index contributed by atoms with van der Waals surface area (Å²) >= 11 is 0. The minimum atomic E-state index is -3.28. The number of nitrogens with zero attached hydrogens (tertiary/aromatic N) is 3. The van der Waals surface area contributed by atoms with Crippen molar-refractivity contribution in [3.8, 4) is 5.75 Å². The number of hydrogen-bond acceptors (Lipinski definition) is 6. The summed E-state index contributed by atoms with van der Waals surface area (Å²) < 4.78 is 54.4. The molecule has 0 unspecified atom stereocenters. The summed E-state index contributed by atoms with van der Waals surface area (Å²) in [7, 11) is -2.77. The molecular weight excluding hydrogens is 344 g/mol. The van der Waals surface area contributed by atoms with Crippen LogP contribution < -0.4 is 15.4 Å². The molecule has 7 nitrogen and oxygen atoms in total. The number of halogens is 2. The van der Waals surface area contributed by atoms with E-state index in [2.05, 4.69) is 25.6 Å². The molecule has 0 radical (unpaired) electrons. The van der Waals surface area contributed by atoms with Crippen LogP contribution >= 0.6 is 0 Å². The van der Waals surface area contributed by atoms with E-state index in [0.717, 1.165) is 6.20 Å². The minimum Gasteiger partial charge on any atom is -0.493 e. The molecule has 9 heteroatoms. The highest BCUT2D eigenvalue weighted by molar-refractivity contribution is 5.88. The molecular formula is C17H21F2N5O2. The summed E-state index contributed by atoms with van der Waals surface area (Å²) in [6.45, 7) is 5.53. The predicted octanol–water partition coefficient (Wildman–Crippen LogP) is 3.82. The number of carbonyl (C=O) groups is 1. The van der Waals surface area contributed by atoms with E-state index in [1.54, 1.807) is 13.8 Å². The largest absolute Gasteiger partial charge is 0.493 e. The lowest BCUT2D eigenvalue weighted by atomic mass is 10.1. The number of pyridine rings is 1. The van der Waals surface area contributed by atoms with Gasteiger partial charge >= 0.3 is 5.92 Å². The van der Waals surface area contributed by atoms with Gasteiger partial charge in [0.2, 0.25) is 11.7 Å². The molecule has 26 heavy (non-hydrogen) atoms. The average Bonchev–Trinajstić information content (AvgIpc) is 2.54. The van der Waals surface area contributed by atoms with E-state index in [0.29, 0.717) is 12.6 Å². The van der Waals surface area contributed by atoms with E-state index in [1.165, 1.54) is 19.1 Å². The van der Waals surface area contributed by atoms with Crippen LogP contribution in [0.3, 0.4) is 0 Å². The standard InChI is InChI=1S/C17H21F2N5O2/c1-9(2)11-6-15(24-16(23-11)17(4,18)19)22-12-7-14(21-10(3)25)20-8-13(12)26-5/h6-9H,1-5H3,(H2,20,21,22,23,24,25)/i5D3. The summed E-state index contributed by atoms with van der Waals surface area (Å²) in [6.07, 6.45) is 1.10. The molecule has 0 saturated heterocycles. The Kier molecular flexibility index (Phi) is 4.50. The number of alkyl halides is 2. The molecule has 2 heterocycles. The topological polar surface area (TPSA) is 89.0 Å². The summed E-state index contributed by atoms with van der Waals surface area (Å²) in [4.78, 5) is 22.9. The number of methoxy groups -OCH3 is 1. The van der Waals surface area contributed by atoms with E-state index in [1.807, 2.05) is 0 Å². The lowest BCUT2D eigenvalue weighted by Gasteiger charge is -2.16. The Balaban J connectivity index is 2.52. The maximum absolute atomic E-state index is 13.8. The Hall–Kier alpha value is -2.84. The molecule has 0 aliphatic rings. The molecule has 140 valence electrons. The van der Waals surface area contributed by atoms with Gasteiger partial charge in [-0.15, -0.1) is 0 Å². The molecule has 0 aliphatic heterocycles. The molecule has 0 atom stereocenters. The van der Waals surface area contributed by atoms with E-state index in [9.17, 15) is 13.6 Å². The monoisotopic (exact) mass is 368 g/mol. The van der Waals surface area contributed by atoms with E-state index in [4.69, 9.17) is 8.85 Å². The van der Waals surface area contributed by atoms with Crippen molar-refractivity contribution in [3.05, 3.63) is 29.8 Å². The molecule has 0 saturated carbocycles. The van der Waals surface area contributed by atoms with Gasteiger partial charge in [0.05, 0.1) is 23.0 Å². The first-order chi connectivity index (χ1) is 13.2. The molecule has 0 aromatic carbocycles. The SMILES string of the molecule is [2H]C([2H])([2H])Oc1cnc(NC(C)=O)cc1Nc1cc(C(C)C)nc(C(C)(F)F)n1. The Morgan fingerprint density at radius 3 is 2.62 bits per heavy atom. The second-order valence-corrected chi connectivity index (χ2v) is 6.02. The number of amides is 1. The Labute approximate surface area is 154 Å². The van der Waals surface area contributed by atoms with Gasteiger partial charge in [-0.25, -0.2) is 15.0 Å². The lowest BCUT2D eigenvalue weighted by molar-refractivity contribution is -0.114. The summed E-state index contributed by atoms with van der Waals surface area (Å²) in [5.41, 5.74) is 0.437. The number of hydrogen-bond donors (Lipinski definition) is 2. The second kappa shape index (κ2) is 7.59. The number of aromatic nitrogens is 3. The first-order valence-electron chi connectivity index (χ1n) is 9.25. The number of nitrogens with one attached hydrogen (secondary N) is 2. The van der Waals surface area contributed by atoms with Crippen LogP contribution in [0.4, 0.5) is 26.1 Å². The van der Waals surface area contributed by atoms with Crippen LogP contribution in [-0.4, -0.2) is 27.9 Å². The molecule has 0 spiro atoms. The van der Waals surface area contributed by atoms with Crippen LogP contribution in [-0.2, 0) is 10.7 Å². The number of anilines is 3. The van der Waals surface area contributed by atoms with E-state index < -0.39 is 24.7 Å². The molecule has 2 N–H and O–H groups in total. The zero-order chi connectivity index (χ0) is 22.0. The fraction of sp³-hybridized carbons (Fsp3) is 0.412. The highest BCUT2D eigenvalue weighted by Crippen LogP contribution is 2.31. The van der Waals surface area contributed by atoms with Crippen molar-refractivity contribution in [1.29, 1.82) is 0 Å². The molecule has 2 rings (SSSR count). The number of ether oxygens (including phenoxy) is 1. The summed E-state index contributed by atoms with van der Waals surface area (Å²) in [6, 6.07) is 2.78. The maximum Gasteiger partial charge on any atom is 0.303 e. The van der Waals surface area contributed by atoms with Crippen LogP contribution in [0, 0.1) is 0 Å². The first-order valence-corrected chi connectivity index (χ1v) is 7.75. The van der Waals surface area contributed by atoms with Gasteiger partial charge in [-0.2, -0.15) is 8.78 Å². The van der Waals surface area contributed by atoms with Gasteiger partial charge < -0.3 is 15.4 Å². The highest BCUT2D eigenvalue weighted by atomic mass is 19.3. The van der Waals surface area contributed by atoms with E-state index >= 15 is 0 Å². The Morgan fingerprint density at radius 1 is 1.31 bits per heavy atom. The van der Waals surface area contributed by atoms with Gasteiger partial charge in [0.25, 0.3) is 0 Å². The van der Waals surface area contributed by atoms with Crippen molar-refractivity contribution >= 4 is 23.2 Å². The third-order valence-electron chi connectivity index (χ3n) is 3.27. The van der Waals surface area contributed by atoms with Crippen molar-refractivity contribution in [2.45, 2.75) is 39.5 Å². The van der Waals surface area contributed by atoms with Gasteiger partial charge in [-0.05, 0) is 5.92 Å². The maximum atomic E-state index is 13.8. The van der Waals surface area contributed by atoms with Gasteiger partial charge in [-0.1, -0.05) is 13.8 Å². The van der Waals surface area contributed by atoms with Gasteiger partial charge in [0.15, 0.2) is 5.75 Å². The molecule has 2 aromatic rings. The number of rotatable bonds is 6. The highest BCUT2D eigenvalue weighted by Gasteiger charge is 2.29. The first kappa shape index (κ1) is 15.4.